The Morgan fingerprint density at radius 2 is 1.97 bits per heavy atom. The van der Waals surface area contributed by atoms with Gasteiger partial charge in [0.05, 0.1) is 17.6 Å². The number of carbonyl (C=O) groups is 1. The third-order valence-electron chi connectivity index (χ3n) is 5.39. The first-order valence-corrected chi connectivity index (χ1v) is 11.2. The molecule has 1 aromatic carbocycles. The maximum atomic E-state index is 12.4. The highest BCUT2D eigenvalue weighted by Crippen LogP contribution is 2.30. The molecule has 4 rings (SSSR count). The molecule has 0 atom stereocenters. The van der Waals surface area contributed by atoms with Crippen LogP contribution in [0.5, 0.6) is 0 Å². The summed E-state index contributed by atoms with van der Waals surface area (Å²) in [4.78, 5) is 12.4. The van der Waals surface area contributed by atoms with Gasteiger partial charge in [-0.15, -0.1) is 10.2 Å². The van der Waals surface area contributed by atoms with Crippen LogP contribution in [-0.2, 0) is 4.79 Å². The molecule has 29 heavy (non-hydrogen) atoms. The Kier molecular flexibility index (Phi) is 6.34. The highest BCUT2D eigenvalue weighted by atomic mass is 32.2. The van der Waals surface area contributed by atoms with E-state index in [1.165, 1.54) is 43.9 Å². The minimum absolute atomic E-state index is 0.0456. The standard InChI is InChI=1S/C22H26N4O2S/c1-16-19(12-13-28-16)21-24-25-22(26(21)18-10-6-3-7-11-18)29-15-20(27)23-14-17-8-4-2-5-9-17/h3,6-7,10-13,17H,2,4-5,8-9,14-15H2,1H3,(H,23,27). The van der Waals surface area contributed by atoms with E-state index in [1.54, 1.807) is 6.26 Å². The van der Waals surface area contributed by atoms with Gasteiger partial charge in [-0.1, -0.05) is 49.2 Å². The smallest absolute Gasteiger partial charge is 0.230 e. The van der Waals surface area contributed by atoms with E-state index in [4.69, 9.17) is 4.42 Å². The molecular formula is C22H26N4O2S. The summed E-state index contributed by atoms with van der Waals surface area (Å²) in [6.45, 7) is 2.69. The summed E-state index contributed by atoms with van der Waals surface area (Å²) in [5.41, 5.74) is 1.85. The molecule has 1 amide bonds. The van der Waals surface area contributed by atoms with Gasteiger partial charge in [0.1, 0.15) is 5.76 Å². The van der Waals surface area contributed by atoms with Gasteiger partial charge >= 0.3 is 0 Å². The number of aryl methyl sites for hydroxylation is 1. The first-order valence-electron chi connectivity index (χ1n) is 10.2. The van der Waals surface area contributed by atoms with Gasteiger partial charge in [-0.2, -0.15) is 0 Å². The minimum Gasteiger partial charge on any atom is -0.469 e. The minimum atomic E-state index is 0.0456. The van der Waals surface area contributed by atoms with Crippen LogP contribution in [0.4, 0.5) is 0 Å². The Labute approximate surface area is 175 Å². The Morgan fingerprint density at radius 1 is 1.17 bits per heavy atom. The van der Waals surface area contributed by atoms with E-state index in [0.717, 1.165) is 23.6 Å². The molecule has 0 spiro atoms. The van der Waals surface area contributed by atoms with E-state index < -0.39 is 0 Å². The lowest BCUT2D eigenvalue weighted by molar-refractivity contribution is -0.118. The van der Waals surface area contributed by atoms with Crippen LogP contribution in [0.3, 0.4) is 0 Å². The van der Waals surface area contributed by atoms with Crippen molar-refractivity contribution in [3.05, 3.63) is 48.4 Å². The van der Waals surface area contributed by atoms with Gasteiger partial charge in [-0.05, 0) is 43.9 Å². The number of furan rings is 1. The summed E-state index contributed by atoms with van der Waals surface area (Å²) >= 11 is 1.41. The third kappa shape index (κ3) is 4.72. The lowest BCUT2D eigenvalue weighted by atomic mass is 9.89. The third-order valence-corrected chi connectivity index (χ3v) is 6.32. The SMILES string of the molecule is Cc1occc1-c1nnc(SCC(=O)NCC2CCCCC2)n1-c1ccccc1. The molecule has 1 saturated carbocycles. The quantitative estimate of drug-likeness (QED) is 0.575. The van der Waals surface area contributed by atoms with E-state index in [-0.39, 0.29) is 5.91 Å². The number of rotatable bonds is 7. The molecule has 1 aliphatic rings. The summed E-state index contributed by atoms with van der Waals surface area (Å²) in [6.07, 6.45) is 8.00. The molecule has 0 unspecified atom stereocenters. The highest BCUT2D eigenvalue weighted by molar-refractivity contribution is 7.99. The van der Waals surface area contributed by atoms with E-state index in [2.05, 4.69) is 15.5 Å². The molecule has 0 radical (unpaired) electrons. The zero-order chi connectivity index (χ0) is 20.1. The van der Waals surface area contributed by atoms with Crippen molar-refractivity contribution >= 4 is 17.7 Å². The van der Waals surface area contributed by atoms with Crippen molar-refractivity contribution in [3.63, 3.8) is 0 Å². The fourth-order valence-electron chi connectivity index (χ4n) is 3.80. The monoisotopic (exact) mass is 410 g/mol. The van der Waals surface area contributed by atoms with Crippen molar-refractivity contribution in [3.8, 4) is 17.1 Å². The summed E-state index contributed by atoms with van der Waals surface area (Å²) in [5, 5.41) is 12.5. The Morgan fingerprint density at radius 3 is 2.69 bits per heavy atom. The van der Waals surface area contributed by atoms with Gasteiger partial charge < -0.3 is 9.73 Å². The lowest BCUT2D eigenvalue weighted by Crippen LogP contribution is -2.31. The number of hydrogen-bond donors (Lipinski definition) is 1. The van der Waals surface area contributed by atoms with Gasteiger partial charge in [-0.25, -0.2) is 0 Å². The van der Waals surface area contributed by atoms with Crippen LogP contribution >= 0.6 is 11.8 Å². The Balaban J connectivity index is 1.48. The summed E-state index contributed by atoms with van der Waals surface area (Å²) in [5.74, 6) is 2.50. The van der Waals surface area contributed by atoms with Gasteiger partial charge in [0.2, 0.25) is 5.91 Å². The fraction of sp³-hybridized carbons (Fsp3) is 0.409. The molecular weight excluding hydrogens is 384 g/mol. The van der Waals surface area contributed by atoms with E-state index in [9.17, 15) is 4.79 Å². The predicted molar refractivity (Wildman–Crippen MR) is 114 cm³/mol. The Hall–Kier alpha value is -2.54. The van der Waals surface area contributed by atoms with Crippen molar-refractivity contribution in [2.75, 3.05) is 12.3 Å². The van der Waals surface area contributed by atoms with Crippen molar-refractivity contribution in [1.29, 1.82) is 0 Å². The molecule has 2 aromatic heterocycles. The molecule has 0 bridgehead atoms. The number of amides is 1. The molecule has 1 aliphatic carbocycles. The van der Waals surface area contributed by atoms with E-state index in [0.29, 0.717) is 22.7 Å². The molecule has 1 fully saturated rings. The summed E-state index contributed by atoms with van der Waals surface area (Å²) in [6, 6.07) is 11.8. The van der Waals surface area contributed by atoms with Crippen LogP contribution in [0.2, 0.25) is 0 Å². The van der Waals surface area contributed by atoms with Crippen LogP contribution in [0.25, 0.3) is 17.1 Å². The molecule has 6 nitrogen and oxygen atoms in total. The van der Waals surface area contributed by atoms with Crippen LogP contribution in [0.15, 0.2) is 52.2 Å². The number of para-hydroxylation sites is 1. The summed E-state index contributed by atoms with van der Waals surface area (Å²) < 4.78 is 7.44. The van der Waals surface area contributed by atoms with Crippen LogP contribution in [0.1, 0.15) is 37.9 Å². The number of nitrogens with one attached hydrogen (secondary N) is 1. The predicted octanol–water partition coefficient (Wildman–Crippen LogP) is 4.62. The Bertz CT molecular complexity index is 945. The maximum Gasteiger partial charge on any atom is 0.230 e. The molecule has 152 valence electrons. The van der Waals surface area contributed by atoms with E-state index in [1.807, 2.05) is 47.9 Å². The highest BCUT2D eigenvalue weighted by Gasteiger charge is 2.20. The lowest BCUT2D eigenvalue weighted by Gasteiger charge is -2.21. The van der Waals surface area contributed by atoms with Crippen LogP contribution in [-0.4, -0.2) is 33.0 Å². The van der Waals surface area contributed by atoms with Gasteiger partial charge in [0.25, 0.3) is 0 Å². The maximum absolute atomic E-state index is 12.4. The largest absolute Gasteiger partial charge is 0.469 e. The second kappa shape index (κ2) is 9.31. The number of hydrogen-bond acceptors (Lipinski definition) is 5. The van der Waals surface area contributed by atoms with Gasteiger partial charge in [-0.3, -0.25) is 9.36 Å². The van der Waals surface area contributed by atoms with E-state index >= 15 is 0 Å². The molecule has 1 N–H and O–H groups in total. The molecule has 0 saturated heterocycles. The second-order valence-corrected chi connectivity index (χ2v) is 8.41. The number of nitrogens with zero attached hydrogens (tertiary/aromatic N) is 3. The fourth-order valence-corrected chi connectivity index (χ4v) is 4.58. The number of thioether (sulfide) groups is 1. The first-order chi connectivity index (χ1) is 14.2. The van der Waals surface area contributed by atoms with Crippen LogP contribution < -0.4 is 5.32 Å². The molecule has 7 heteroatoms. The molecule has 3 aromatic rings. The van der Waals surface area contributed by atoms with Crippen molar-refractivity contribution in [2.24, 2.45) is 5.92 Å². The van der Waals surface area contributed by atoms with Crippen LogP contribution in [0, 0.1) is 12.8 Å². The van der Waals surface area contributed by atoms with Crippen molar-refractivity contribution in [1.82, 2.24) is 20.1 Å². The second-order valence-electron chi connectivity index (χ2n) is 7.46. The van der Waals surface area contributed by atoms with Gasteiger partial charge in [0.15, 0.2) is 11.0 Å². The summed E-state index contributed by atoms with van der Waals surface area (Å²) in [7, 11) is 0. The normalized spacial score (nSPS) is 14.8. The molecule has 0 aliphatic heterocycles. The number of carbonyl (C=O) groups excluding carboxylic acids is 1. The first kappa shape index (κ1) is 19.8. The van der Waals surface area contributed by atoms with Crippen molar-refractivity contribution < 1.29 is 9.21 Å². The zero-order valence-corrected chi connectivity index (χ0v) is 17.5. The number of benzene rings is 1. The molecule has 2 heterocycles. The van der Waals surface area contributed by atoms with Gasteiger partial charge in [0, 0.05) is 12.2 Å². The average Bonchev–Trinajstić information content (AvgIpc) is 3.37. The average molecular weight is 411 g/mol. The number of aromatic nitrogens is 3. The topological polar surface area (TPSA) is 72.9 Å². The zero-order valence-electron chi connectivity index (χ0n) is 16.6. The van der Waals surface area contributed by atoms with Crippen molar-refractivity contribution in [2.45, 2.75) is 44.2 Å².